The van der Waals surface area contributed by atoms with Gasteiger partial charge in [-0.2, -0.15) is 0 Å². The lowest BCUT2D eigenvalue weighted by Crippen LogP contribution is -2.25. The lowest BCUT2D eigenvalue weighted by atomic mass is 10.5. The van der Waals surface area contributed by atoms with E-state index in [4.69, 9.17) is 4.74 Å². The Morgan fingerprint density at radius 1 is 1.70 bits per heavy atom. The van der Waals surface area contributed by atoms with Crippen LogP contribution in [0.2, 0.25) is 0 Å². The van der Waals surface area contributed by atoms with Gasteiger partial charge in [0.25, 0.3) is 5.91 Å². The second-order valence-electron chi connectivity index (χ2n) is 1.62. The highest BCUT2D eigenvalue weighted by Crippen LogP contribution is 1.65. The Hall–Kier alpha value is -1.01. The Balaban J connectivity index is 3.28. The van der Waals surface area contributed by atoms with Gasteiger partial charge in [-0.15, -0.1) is 0 Å². The molecule has 1 amide bonds. The van der Waals surface area contributed by atoms with Crippen LogP contribution in [0.3, 0.4) is 0 Å². The number of amides is 1. The zero-order valence-electron chi connectivity index (χ0n) is 6.23. The summed E-state index contributed by atoms with van der Waals surface area (Å²) < 4.78 is 4.71. The van der Waals surface area contributed by atoms with E-state index in [1.807, 2.05) is 0 Å². The molecule has 0 spiro atoms. The van der Waals surface area contributed by atoms with Gasteiger partial charge in [-0.25, -0.2) is 0 Å². The summed E-state index contributed by atoms with van der Waals surface area (Å²) in [6, 6.07) is 0. The Bertz CT molecular complexity index is 155. The summed E-state index contributed by atoms with van der Waals surface area (Å²) in [6.07, 6.45) is 0. The maximum atomic E-state index is 10.6. The molecule has 0 aromatic carbocycles. The van der Waals surface area contributed by atoms with Gasteiger partial charge in [0.1, 0.15) is 0 Å². The number of rotatable bonds is 3. The second kappa shape index (κ2) is 6.12. The summed E-state index contributed by atoms with van der Waals surface area (Å²) in [7, 11) is 1.58. The smallest absolute Gasteiger partial charge is 0.295 e. The summed E-state index contributed by atoms with van der Waals surface area (Å²) in [5.74, 6) is 4.59. The van der Waals surface area contributed by atoms with Gasteiger partial charge in [0.05, 0.1) is 6.61 Å². The van der Waals surface area contributed by atoms with E-state index in [0.717, 1.165) is 0 Å². The van der Waals surface area contributed by atoms with Crippen molar-refractivity contribution in [2.24, 2.45) is 0 Å². The van der Waals surface area contributed by atoms with Gasteiger partial charge in [-0.3, -0.25) is 4.79 Å². The third kappa shape index (κ3) is 5.13. The van der Waals surface area contributed by atoms with E-state index >= 15 is 0 Å². The molecule has 3 heteroatoms. The summed E-state index contributed by atoms with van der Waals surface area (Å²) in [5, 5.41) is 2.55. The third-order valence-corrected chi connectivity index (χ3v) is 0.830. The van der Waals surface area contributed by atoms with Gasteiger partial charge < -0.3 is 10.1 Å². The Morgan fingerprint density at radius 3 is 2.90 bits per heavy atom. The van der Waals surface area contributed by atoms with Gasteiger partial charge in [0.15, 0.2) is 0 Å². The van der Waals surface area contributed by atoms with Crippen molar-refractivity contribution in [3.05, 3.63) is 0 Å². The molecule has 1 N–H and O–H groups in total. The molecule has 0 aromatic heterocycles. The van der Waals surface area contributed by atoms with Gasteiger partial charge in [0, 0.05) is 13.7 Å². The van der Waals surface area contributed by atoms with Crippen LogP contribution in [0, 0.1) is 11.8 Å². The summed E-state index contributed by atoms with van der Waals surface area (Å²) >= 11 is 0. The van der Waals surface area contributed by atoms with E-state index in [9.17, 15) is 4.79 Å². The first-order chi connectivity index (χ1) is 4.81. The molecule has 0 aliphatic rings. The molecular weight excluding hydrogens is 130 g/mol. The number of hydrogen-bond acceptors (Lipinski definition) is 2. The quantitative estimate of drug-likeness (QED) is 0.435. The minimum atomic E-state index is -0.250. The normalized spacial score (nSPS) is 7.80. The SMILES string of the molecule is CC#CC(=O)NCCOC. The van der Waals surface area contributed by atoms with Crippen molar-refractivity contribution in [3.8, 4) is 11.8 Å². The third-order valence-electron chi connectivity index (χ3n) is 0.830. The predicted molar refractivity (Wildman–Crippen MR) is 38.3 cm³/mol. The van der Waals surface area contributed by atoms with Gasteiger partial charge in [0.2, 0.25) is 0 Å². The Kier molecular flexibility index (Phi) is 5.50. The lowest BCUT2D eigenvalue weighted by Gasteiger charge is -1.97. The summed E-state index contributed by atoms with van der Waals surface area (Å²) in [4.78, 5) is 10.6. The highest BCUT2D eigenvalue weighted by atomic mass is 16.5. The van der Waals surface area contributed by atoms with Gasteiger partial charge in [-0.1, -0.05) is 5.92 Å². The number of ether oxygens (including phenoxy) is 1. The van der Waals surface area contributed by atoms with Gasteiger partial charge >= 0.3 is 0 Å². The number of nitrogens with one attached hydrogen (secondary N) is 1. The molecule has 0 aliphatic heterocycles. The van der Waals surface area contributed by atoms with E-state index in [-0.39, 0.29) is 5.91 Å². The molecule has 0 aliphatic carbocycles. The van der Waals surface area contributed by atoms with Gasteiger partial charge in [-0.05, 0) is 12.8 Å². The standard InChI is InChI=1S/C7H11NO2/c1-3-4-7(9)8-5-6-10-2/h5-6H2,1-2H3,(H,8,9). The summed E-state index contributed by atoms with van der Waals surface area (Å²) in [6.45, 7) is 2.66. The first-order valence-electron chi connectivity index (χ1n) is 3.00. The second-order valence-corrected chi connectivity index (χ2v) is 1.62. The molecule has 0 heterocycles. The van der Waals surface area contributed by atoms with Crippen LogP contribution in [0.4, 0.5) is 0 Å². The molecule has 0 saturated carbocycles. The van der Waals surface area contributed by atoms with Crippen molar-refractivity contribution in [1.29, 1.82) is 0 Å². The number of carbonyl (C=O) groups is 1. The minimum Gasteiger partial charge on any atom is -0.383 e. The molecular formula is C7H11NO2. The van der Waals surface area contributed by atoms with Crippen molar-refractivity contribution in [2.45, 2.75) is 6.92 Å². The van der Waals surface area contributed by atoms with Crippen LogP contribution in [0.5, 0.6) is 0 Å². The maximum Gasteiger partial charge on any atom is 0.295 e. The predicted octanol–water partition coefficient (Wildman–Crippen LogP) is -0.228. The average molecular weight is 141 g/mol. The maximum absolute atomic E-state index is 10.6. The number of hydrogen-bond donors (Lipinski definition) is 1. The van der Waals surface area contributed by atoms with Crippen LogP contribution in [0.15, 0.2) is 0 Å². The molecule has 0 saturated heterocycles. The lowest BCUT2D eigenvalue weighted by molar-refractivity contribution is -0.115. The monoisotopic (exact) mass is 141 g/mol. The van der Waals surface area contributed by atoms with Crippen LogP contribution >= 0.6 is 0 Å². The molecule has 0 atom stereocenters. The highest BCUT2D eigenvalue weighted by Gasteiger charge is 1.90. The van der Waals surface area contributed by atoms with Crippen molar-refractivity contribution >= 4 is 5.91 Å². The number of carbonyl (C=O) groups excluding carboxylic acids is 1. The highest BCUT2D eigenvalue weighted by molar-refractivity contribution is 5.93. The van der Waals surface area contributed by atoms with Crippen molar-refractivity contribution in [2.75, 3.05) is 20.3 Å². The summed E-state index contributed by atoms with van der Waals surface area (Å²) in [5.41, 5.74) is 0. The van der Waals surface area contributed by atoms with E-state index in [1.165, 1.54) is 0 Å². The van der Waals surface area contributed by atoms with Crippen LogP contribution in [0.1, 0.15) is 6.92 Å². The minimum absolute atomic E-state index is 0.250. The fourth-order valence-electron chi connectivity index (χ4n) is 0.424. The fourth-order valence-corrected chi connectivity index (χ4v) is 0.424. The van der Waals surface area contributed by atoms with E-state index in [0.29, 0.717) is 13.2 Å². The van der Waals surface area contributed by atoms with Crippen LogP contribution in [-0.2, 0) is 9.53 Å². The Labute approximate surface area is 60.8 Å². The van der Waals surface area contributed by atoms with Crippen molar-refractivity contribution in [1.82, 2.24) is 5.32 Å². The van der Waals surface area contributed by atoms with Crippen LogP contribution < -0.4 is 5.32 Å². The molecule has 0 rings (SSSR count). The zero-order chi connectivity index (χ0) is 7.82. The van der Waals surface area contributed by atoms with E-state index < -0.39 is 0 Å². The topological polar surface area (TPSA) is 38.3 Å². The fraction of sp³-hybridized carbons (Fsp3) is 0.571. The molecule has 56 valence electrons. The average Bonchev–Trinajstić information content (AvgIpc) is 1.89. The van der Waals surface area contributed by atoms with E-state index in [2.05, 4.69) is 17.2 Å². The molecule has 0 fully saturated rings. The molecule has 0 bridgehead atoms. The van der Waals surface area contributed by atoms with Crippen molar-refractivity contribution in [3.63, 3.8) is 0 Å². The largest absolute Gasteiger partial charge is 0.383 e. The van der Waals surface area contributed by atoms with Crippen LogP contribution in [0.25, 0.3) is 0 Å². The Morgan fingerprint density at radius 2 is 2.40 bits per heavy atom. The molecule has 0 unspecified atom stereocenters. The zero-order valence-corrected chi connectivity index (χ0v) is 6.23. The van der Waals surface area contributed by atoms with E-state index in [1.54, 1.807) is 14.0 Å². The first kappa shape index (κ1) is 8.99. The number of methoxy groups -OCH3 is 1. The van der Waals surface area contributed by atoms with Crippen molar-refractivity contribution < 1.29 is 9.53 Å². The molecule has 0 aromatic rings. The van der Waals surface area contributed by atoms with Crippen LogP contribution in [-0.4, -0.2) is 26.2 Å². The first-order valence-corrected chi connectivity index (χ1v) is 3.00. The molecule has 0 radical (unpaired) electrons. The molecule has 10 heavy (non-hydrogen) atoms. The molecule has 3 nitrogen and oxygen atoms in total.